The first-order chi connectivity index (χ1) is 14.4. The van der Waals surface area contributed by atoms with Gasteiger partial charge in [-0.25, -0.2) is 0 Å². The highest BCUT2D eigenvalue weighted by atomic mass is 35.5. The third-order valence-electron chi connectivity index (χ3n) is 5.09. The molecule has 0 saturated carbocycles. The van der Waals surface area contributed by atoms with Gasteiger partial charge in [0.1, 0.15) is 5.58 Å². The summed E-state index contributed by atoms with van der Waals surface area (Å²) in [5, 5.41) is 1.32. The maximum absolute atomic E-state index is 13.4. The number of benzene rings is 2. The average Bonchev–Trinajstić information content (AvgIpc) is 2.98. The van der Waals surface area contributed by atoms with Crippen molar-refractivity contribution in [3.8, 4) is 0 Å². The van der Waals surface area contributed by atoms with E-state index in [1.54, 1.807) is 41.3 Å². The fourth-order valence-corrected chi connectivity index (χ4v) is 4.17. The number of halogens is 2. The summed E-state index contributed by atoms with van der Waals surface area (Å²) in [6.45, 7) is 4.86. The molecule has 0 fully saturated rings. The summed E-state index contributed by atoms with van der Waals surface area (Å²) in [4.78, 5) is 28.3. The van der Waals surface area contributed by atoms with Crippen LogP contribution in [0.5, 0.6) is 0 Å². The van der Waals surface area contributed by atoms with Gasteiger partial charge < -0.3 is 14.1 Å². The zero-order chi connectivity index (χ0) is 21.4. The Hall–Kier alpha value is -2.34. The van der Waals surface area contributed by atoms with Crippen molar-refractivity contribution in [3.63, 3.8) is 0 Å². The highest BCUT2D eigenvalue weighted by molar-refractivity contribution is 6.31. The minimum absolute atomic E-state index is 0.0737. The fourth-order valence-electron chi connectivity index (χ4n) is 3.80. The molecule has 156 valence electrons. The Morgan fingerprint density at radius 3 is 2.60 bits per heavy atom. The lowest BCUT2D eigenvalue weighted by Gasteiger charge is -2.25. The van der Waals surface area contributed by atoms with E-state index in [2.05, 4.69) is 0 Å². The molecule has 0 spiro atoms. The molecule has 30 heavy (non-hydrogen) atoms. The summed E-state index contributed by atoms with van der Waals surface area (Å²) in [6.07, 6.45) is 0.743. The first kappa shape index (κ1) is 20.9. The van der Waals surface area contributed by atoms with Gasteiger partial charge in [-0.2, -0.15) is 0 Å². The number of amides is 1. The molecule has 0 N–H and O–H groups in total. The summed E-state index contributed by atoms with van der Waals surface area (Å²) in [6, 6.07) is 11.4. The maximum atomic E-state index is 13.4. The van der Waals surface area contributed by atoms with Crippen LogP contribution >= 0.6 is 23.2 Å². The van der Waals surface area contributed by atoms with Crippen LogP contribution in [0.25, 0.3) is 11.0 Å². The molecule has 0 saturated heterocycles. The fraction of sp³-hybridized carbons (Fsp3) is 0.304. The average molecular weight is 446 g/mol. The van der Waals surface area contributed by atoms with Gasteiger partial charge >= 0.3 is 0 Å². The monoisotopic (exact) mass is 445 g/mol. The summed E-state index contributed by atoms with van der Waals surface area (Å²) in [5.41, 5.74) is 1.16. The largest absolute Gasteiger partial charge is 0.450 e. The molecule has 1 aromatic heterocycles. The number of hydrogen-bond donors (Lipinski definition) is 0. The number of fused-ring (bicyclic) bond motifs is 2. The Labute approximate surface area is 184 Å². The Morgan fingerprint density at radius 2 is 1.87 bits per heavy atom. The van der Waals surface area contributed by atoms with Crippen molar-refractivity contribution in [1.82, 2.24) is 4.90 Å². The van der Waals surface area contributed by atoms with E-state index >= 15 is 0 Å². The number of hydrogen-bond acceptors (Lipinski definition) is 4. The van der Waals surface area contributed by atoms with Gasteiger partial charge in [-0.15, -0.1) is 0 Å². The molecule has 0 aliphatic carbocycles. The summed E-state index contributed by atoms with van der Waals surface area (Å²) >= 11 is 12.3. The highest BCUT2D eigenvalue weighted by Crippen LogP contribution is 2.39. The summed E-state index contributed by atoms with van der Waals surface area (Å²) in [7, 11) is 0. The van der Waals surface area contributed by atoms with Gasteiger partial charge in [0.05, 0.1) is 23.1 Å². The molecule has 7 heteroatoms. The second kappa shape index (κ2) is 8.42. The van der Waals surface area contributed by atoms with E-state index in [4.69, 9.17) is 32.4 Å². The van der Waals surface area contributed by atoms with Crippen molar-refractivity contribution in [2.24, 2.45) is 0 Å². The second-order valence-corrected chi connectivity index (χ2v) is 8.42. The van der Waals surface area contributed by atoms with Crippen LogP contribution in [0.2, 0.25) is 10.0 Å². The van der Waals surface area contributed by atoms with Gasteiger partial charge in [0.2, 0.25) is 5.76 Å². The van der Waals surface area contributed by atoms with Gasteiger partial charge in [-0.3, -0.25) is 9.59 Å². The molecule has 4 rings (SSSR count). The van der Waals surface area contributed by atoms with Crippen molar-refractivity contribution in [3.05, 3.63) is 79.6 Å². The molecule has 2 heterocycles. The van der Waals surface area contributed by atoms with Crippen LogP contribution in [0.4, 0.5) is 0 Å². The molecule has 5 nitrogen and oxygen atoms in total. The Balaban J connectivity index is 1.83. The minimum Gasteiger partial charge on any atom is -0.450 e. The third-order valence-corrected chi connectivity index (χ3v) is 5.56. The predicted molar refractivity (Wildman–Crippen MR) is 118 cm³/mol. The first-order valence-electron chi connectivity index (χ1n) is 9.81. The standard InChI is InChI=1S/C23H21Cl2NO4/c1-13(2)29-10-4-9-26-20(14-5-3-6-15(24)11-14)19-21(27)17-12-16(25)7-8-18(17)30-22(19)23(26)28/h3,5-8,11-13,20H,4,9-10H2,1-2H3/t20-/m1/s1. The number of ether oxygens (including phenoxy) is 1. The number of carbonyl (C=O) groups is 1. The lowest BCUT2D eigenvalue weighted by atomic mass is 9.98. The molecular weight excluding hydrogens is 425 g/mol. The zero-order valence-corrected chi connectivity index (χ0v) is 18.2. The lowest BCUT2D eigenvalue weighted by molar-refractivity contribution is 0.0593. The van der Waals surface area contributed by atoms with Gasteiger partial charge in [-0.05, 0) is 56.2 Å². The maximum Gasteiger partial charge on any atom is 0.290 e. The van der Waals surface area contributed by atoms with E-state index in [0.29, 0.717) is 46.2 Å². The van der Waals surface area contributed by atoms with Crippen molar-refractivity contribution in [1.29, 1.82) is 0 Å². The van der Waals surface area contributed by atoms with Crippen LogP contribution < -0.4 is 5.43 Å². The lowest BCUT2D eigenvalue weighted by Crippen LogP contribution is -2.31. The topological polar surface area (TPSA) is 59.8 Å². The zero-order valence-electron chi connectivity index (χ0n) is 16.7. The van der Waals surface area contributed by atoms with Crippen LogP contribution in [0.3, 0.4) is 0 Å². The van der Waals surface area contributed by atoms with Crippen LogP contribution in [-0.2, 0) is 4.74 Å². The number of rotatable bonds is 6. The van der Waals surface area contributed by atoms with Gasteiger partial charge in [-0.1, -0.05) is 35.3 Å². The Kier molecular flexibility index (Phi) is 5.87. The van der Waals surface area contributed by atoms with E-state index < -0.39 is 6.04 Å². The van der Waals surface area contributed by atoms with Crippen LogP contribution in [0.1, 0.15) is 48.0 Å². The smallest absolute Gasteiger partial charge is 0.290 e. The van der Waals surface area contributed by atoms with E-state index in [0.717, 1.165) is 5.56 Å². The number of nitrogens with zero attached hydrogens (tertiary/aromatic N) is 1. The Morgan fingerprint density at radius 1 is 1.10 bits per heavy atom. The molecule has 1 amide bonds. The quantitative estimate of drug-likeness (QED) is 0.472. The van der Waals surface area contributed by atoms with Crippen molar-refractivity contribution in [2.45, 2.75) is 32.4 Å². The van der Waals surface area contributed by atoms with Crippen LogP contribution in [0, 0.1) is 0 Å². The number of carbonyl (C=O) groups excluding carboxylic acids is 1. The van der Waals surface area contributed by atoms with Gasteiger partial charge in [0, 0.05) is 23.2 Å². The molecular formula is C23H21Cl2NO4. The molecule has 0 unspecified atom stereocenters. The highest BCUT2D eigenvalue weighted by Gasteiger charge is 2.42. The summed E-state index contributed by atoms with van der Waals surface area (Å²) < 4.78 is 11.5. The molecule has 1 aliphatic heterocycles. The molecule has 1 atom stereocenters. The molecule has 2 aromatic carbocycles. The molecule has 0 radical (unpaired) electrons. The normalized spacial score (nSPS) is 16.0. The third kappa shape index (κ3) is 3.85. The van der Waals surface area contributed by atoms with Crippen molar-refractivity contribution in [2.75, 3.05) is 13.2 Å². The Bertz CT molecular complexity index is 1170. The SMILES string of the molecule is CC(C)OCCCN1C(=O)c2oc3ccc(Cl)cc3c(=O)c2[C@H]1c1cccc(Cl)c1. The van der Waals surface area contributed by atoms with E-state index in [-0.39, 0.29) is 23.2 Å². The van der Waals surface area contributed by atoms with Gasteiger partial charge in [0.25, 0.3) is 5.91 Å². The van der Waals surface area contributed by atoms with E-state index in [1.165, 1.54) is 0 Å². The van der Waals surface area contributed by atoms with Gasteiger partial charge in [0.15, 0.2) is 5.43 Å². The second-order valence-electron chi connectivity index (χ2n) is 7.54. The molecule has 1 aliphatic rings. The molecule has 3 aromatic rings. The van der Waals surface area contributed by atoms with Crippen molar-refractivity contribution >= 4 is 40.1 Å². The van der Waals surface area contributed by atoms with Crippen LogP contribution in [0.15, 0.2) is 51.7 Å². The minimum atomic E-state index is -0.579. The van der Waals surface area contributed by atoms with Crippen LogP contribution in [-0.4, -0.2) is 30.1 Å². The van der Waals surface area contributed by atoms with E-state index in [9.17, 15) is 9.59 Å². The predicted octanol–water partition coefficient (Wildman–Crippen LogP) is 5.46. The molecule has 0 bridgehead atoms. The first-order valence-corrected chi connectivity index (χ1v) is 10.6. The summed E-state index contributed by atoms with van der Waals surface area (Å²) in [5.74, 6) is -0.238. The van der Waals surface area contributed by atoms with E-state index in [1.807, 2.05) is 19.9 Å². The van der Waals surface area contributed by atoms with Crippen molar-refractivity contribution < 1.29 is 13.9 Å².